The van der Waals surface area contributed by atoms with Crippen LogP contribution in [0.2, 0.25) is 0 Å². The highest BCUT2D eigenvalue weighted by Gasteiger charge is 2.38. The third-order valence-electron chi connectivity index (χ3n) is 3.98. The van der Waals surface area contributed by atoms with Crippen LogP contribution in [0.1, 0.15) is 32.6 Å². The van der Waals surface area contributed by atoms with Crippen LogP contribution >= 0.6 is 11.8 Å². The second kappa shape index (κ2) is 5.50. The van der Waals surface area contributed by atoms with E-state index in [0.29, 0.717) is 13.1 Å². The first kappa shape index (κ1) is 13.7. The quantitative estimate of drug-likeness (QED) is 0.766. The lowest BCUT2D eigenvalue weighted by molar-refractivity contribution is -0.143. The maximum absolute atomic E-state index is 12.2. The number of carbonyl (C=O) groups excluding carboxylic acids is 1. The first-order valence-corrected chi connectivity index (χ1v) is 7.73. The average molecular weight is 268 g/mol. The van der Waals surface area contributed by atoms with E-state index in [1.165, 1.54) is 0 Å². The zero-order chi connectivity index (χ0) is 13.2. The van der Waals surface area contributed by atoms with Gasteiger partial charge in [0, 0.05) is 13.1 Å². The minimum Gasteiger partial charge on any atom is -0.365 e. The molecule has 2 atom stereocenters. The molecule has 2 unspecified atom stereocenters. The molecule has 2 saturated heterocycles. The predicted octanol–water partition coefficient (Wildman–Crippen LogP) is 1.80. The first-order valence-electron chi connectivity index (χ1n) is 6.51. The van der Waals surface area contributed by atoms with Crippen molar-refractivity contribution in [2.75, 3.05) is 19.3 Å². The van der Waals surface area contributed by atoms with E-state index in [0.717, 1.165) is 25.7 Å². The Morgan fingerprint density at radius 2 is 2.11 bits per heavy atom. The Kier molecular flexibility index (Phi) is 4.18. The maximum atomic E-state index is 12.2. The molecule has 2 aliphatic rings. The molecule has 0 aromatic carbocycles. The van der Waals surface area contributed by atoms with Gasteiger partial charge < -0.3 is 9.64 Å². The third-order valence-corrected chi connectivity index (χ3v) is 5.27. The van der Waals surface area contributed by atoms with Gasteiger partial charge in [-0.1, -0.05) is 0 Å². The number of ether oxygens (including phenoxy) is 1. The Bertz CT molecular complexity index is 358. The van der Waals surface area contributed by atoms with Gasteiger partial charge in [0.25, 0.3) is 5.91 Å². The van der Waals surface area contributed by atoms with Crippen molar-refractivity contribution < 1.29 is 9.53 Å². The van der Waals surface area contributed by atoms with Crippen molar-refractivity contribution in [3.8, 4) is 6.07 Å². The second-order valence-corrected chi connectivity index (χ2v) is 6.34. The summed E-state index contributed by atoms with van der Waals surface area (Å²) in [5.41, 5.74) is 0. The van der Waals surface area contributed by atoms with Crippen LogP contribution < -0.4 is 0 Å². The Hall–Kier alpha value is -0.730. The monoisotopic (exact) mass is 268 g/mol. The molecule has 0 aromatic rings. The van der Waals surface area contributed by atoms with E-state index in [2.05, 4.69) is 6.07 Å². The van der Waals surface area contributed by atoms with Gasteiger partial charge in [0.15, 0.2) is 0 Å². The highest BCUT2D eigenvalue weighted by molar-refractivity contribution is 8.00. The van der Waals surface area contributed by atoms with Gasteiger partial charge in [-0.3, -0.25) is 4.79 Å². The number of rotatable bonds is 2. The highest BCUT2D eigenvalue weighted by Crippen LogP contribution is 2.34. The normalized spacial score (nSPS) is 31.1. The Morgan fingerprint density at radius 3 is 2.56 bits per heavy atom. The zero-order valence-corrected chi connectivity index (χ0v) is 11.8. The summed E-state index contributed by atoms with van der Waals surface area (Å²) in [6.07, 6.45) is 5.26. The molecule has 100 valence electrons. The fourth-order valence-electron chi connectivity index (χ4n) is 2.64. The highest BCUT2D eigenvalue weighted by atomic mass is 32.2. The van der Waals surface area contributed by atoms with Crippen molar-refractivity contribution in [2.24, 2.45) is 0 Å². The number of likely N-dealkylation sites (tertiary alicyclic amines) is 1. The van der Waals surface area contributed by atoms with Gasteiger partial charge in [0.2, 0.25) is 0 Å². The number of hydrogen-bond donors (Lipinski definition) is 0. The summed E-state index contributed by atoms with van der Waals surface area (Å²) in [6.45, 7) is 3.38. The predicted molar refractivity (Wildman–Crippen MR) is 71.2 cm³/mol. The van der Waals surface area contributed by atoms with Gasteiger partial charge in [0.1, 0.15) is 10.9 Å². The van der Waals surface area contributed by atoms with Gasteiger partial charge in [-0.15, -0.1) is 11.8 Å². The summed E-state index contributed by atoms with van der Waals surface area (Å²) in [4.78, 5) is 14.1. The molecule has 0 aliphatic carbocycles. The Labute approximate surface area is 113 Å². The molecule has 0 aromatic heterocycles. The minimum absolute atomic E-state index is 0.118. The first-order chi connectivity index (χ1) is 8.60. The van der Waals surface area contributed by atoms with Crippen LogP contribution in [-0.4, -0.2) is 47.1 Å². The number of piperidine rings is 1. The Morgan fingerprint density at radius 1 is 1.44 bits per heavy atom. The standard InChI is InChI=1S/C13H20N2O2S/c1-10-3-4-11(17-10)12(16)15-7-5-13(9-14,18-2)6-8-15/h10-11H,3-8H2,1-2H3. The number of nitrogens with zero attached hydrogens (tertiary/aromatic N) is 2. The van der Waals surface area contributed by atoms with Crippen molar-refractivity contribution in [3.05, 3.63) is 0 Å². The van der Waals surface area contributed by atoms with Crippen LogP contribution in [0, 0.1) is 11.3 Å². The van der Waals surface area contributed by atoms with E-state index in [1.54, 1.807) is 11.8 Å². The van der Waals surface area contributed by atoms with Crippen molar-refractivity contribution in [2.45, 2.75) is 49.6 Å². The molecule has 0 spiro atoms. The van der Waals surface area contributed by atoms with E-state index >= 15 is 0 Å². The average Bonchev–Trinajstić information content (AvgIpc) is 2.85. The van der Waals surface area contributed by atoms with E-state index in [-0.39, 0.29) is 22.9 Å². The maximum Gasteiger partial charge on any atom is 0.251 e. The summed E-state index contributed by atoms with van der Waals surface area (Å²) in [5.74, 6) is 0.118. The van der Waals surface area contributed by atoms with Crippen molar-refractivity contribution >= 4 is 17.7 Å². The summed E-state index contributed by atoms with van der Waals surface area (Å²) < 4.78 is 5.33. The van der Waals surface area contributed by atoms with Gasteiger partial charge in [-0.25, -0.2) is 0 Å². The molecule has 4 nitrogen and oxygen atoms in total. The lowest BCUT2D eigenvalue weighted by Crippen LogP contribution is -2.47. The van der Waals surface area contributed by atoms with Crippen molar-refractivity contribution in [1.82, 2.24) is 4.90 Å². The molecular weight excluding hydrogens is 248 g/mol. The second-order valence-electron chi connectivity index (χ2n) is 5.15. The fourth-order valence-corrected chi connectivity index (χ4v) is 3.32. The molecule has 2 rings (SSSR count). The number of hydrogen-bond acceptors (Lipinski definition) is 4. The van der Waals surface area contributed by atoms with E-state index < -0.39 is 0 Å². The third kappa shape index (κ3) is 2.65. The molecule has 0 radical (unpaired) electrons. The summed E-state index contributed by atoms with van der Waals surface area (Å²) in [7, 11) is 0. The number of nitriles is 1. The van der Waals surface area contributed by atoms with Crippen LogP contribution in [0.5, 0.6) is 0 Å². The van der Waals surface area contributed by atoms with Gasteiger partial charge in [-0.05, 0) is 38.9 Å². The van der Waals surface area contributed by atoms with Crippen LogP contribution in [0.4, 0.5) is 0 Å². The minimum atomic E-state index is -0.291. The lowest BCUT2D eigenvalue weighted by atomic mass is 9.96. The van der Waals surface area contributed by atoms with E-state index in [1.807, 2.05) is 18.1 Å². The van der Waals surface area contributed by atoms with E-state index in [9.17, 15) is 10.1 Å². The topological polar surface area (TPSA) is 53.3 Å². The lowest BCUT2D eigenvalue weighted by Gasteiger charge is -2.37. The number of carbonyl (C=O) groups is 1. The molecule has 0 bridgehead atoms. The molecule has 2 heterocycles. The van der Waals surface area contributed by atoms with Crippen molar-refractivity contribution in [3.63, 3.8) is 0 Å². The fraction of sp³-hybridized carbons (Fsp3) is 0.846. The van der Waals surface area contributed by atoms with Gasteiger partial charge >= 0.3 is 0 Å². The molecule has 0 saturated carbocycles. The van der Waals surface area contributed by atoms with Gasteiger partial charge in [0.05, 0.1) is 12.2 Å². The number of amides is 1. The van der Waals surface area contributed by atoms with Crippen LogP contribution in [-0.2, 0) is 9.53 Å². The molecule has 0 N–H and O–H groups in total. The van der Waals surface area contributed by atoms with Crippen LogP contribution in [0.3, 0.4) is 0 Å². The summed E-state index contributed by atoms with van der Waals surface area (Å²) in [6, 6.07) is 2.40. The van der Waals surface area contributed by atoms with E-state index in [4.69, 9.17) is 4.74 Å². The molecular formula is C13H20N2O2S. The smallest absolute Gasteiger partial charge is 0.251 e. The Balaban J connectivity index is 1.90. The molecule has 2 aliphatic heterocycles. The molecule has 5 heteroatoms. The number of thioether (sulfide) groups is 1. The SMILES string of the molecule is CSC1(C#N)CCN(C(=O)C2CCC(C)O2)CC1. The zero-order valence-electron chi connectivity index (χ0n) is 11.0. The van der Waals surface area contributed by atoms with Crippen LogP contribution in [0.15, 0.2) is 0 Å². The molecule has 1 amide bonds. The molecule has 18 heavy (non-hydrogen) atoms. The summed E-state index contributed by atoms with van der Waals surface area (Å²) >= 11 is 1.61. The summed E-state index contributed by atoms with van der Waals surface area (Å²) in [5, 5.41) is 9.21. The largest absolute Gasteiger partial charge is 0.365 e. The van der Waals surface area contributed by atoms with Gasteiger partial charge in [-0.2, -0.15) is 5.26 Å². The molecule has 2 fully saturated rings. The van der Waals surface area contributed by atoms with Crippen molar-refractivity contribution in [1.29, 1.82) is 5.26 Å². The van der Waals surface area contributed by atoms with Crippen LogP contribution in [0.25, 0.3) is 0 Å².